The minimum Gasteiger partial charge on any atom is -0.394 e. The van der Waals surface area contributed by atoms with Gasteiger partial charge in [0.25, 0.3) is 0 Å². The van der Waals surface area contributed by atoms with Gasteiger partial charge < -0.3 is 24.8 Å². The summed E-state index contributed by atoms with van der Waals surface area (Å²) in [6.07, 6.45) is -3.23. The molecule has 1 aliphatic heterocycles. The van der Waals surface area contributed by atoms with Gasteiger partial charge in [0.05, 0.1) is 12.7 Å². The molecule has 4 atom stereocenters. The van der Waals surface area contributed by atoms with Crippen molar-refractivity contribution in [1.82, 2.24) is 0 Å². The Bertz CT molecular complexity index is 192. The minimum absolute atomic E-state index is 0.238. The van der Waals surface area contributed by atoms with Crippen molar-refractivity contribution < 1.29 is 24.8 Å². The molecule has 0 amide bonds. The van der Waals surface area contributed by atoms with E-state index in [2.05, 4.69) is 0 Å². The number of rotatable bonds is 3. The molecule has 3 N–H and O–H groups in total. The van der Waals surface area contributed by atoms with E-state index < -0.39 is 30.2 Å². The number of aliphatic hydroxyl groups is 3. The Morgan fingerprint density at radius 3 is 2.29 bits per heavy atom. The summed E-state index contributed by atoms with van der Waals surface area (Å²) in [7, 11) is 0. The molecule has 0 aromatic heterocycles. The van der Waals surface area contributed by atoms with Gasteiger partial charge in [-0.1, -0.05) is 0 Å². The smallest absolute Gasteiger partial charge is 0.164 e. The van der Waals surface area contributed by atoms with Crippen LogP contribution in [0.1, 0.15) is 20.8 Å². The first-order valence-corrected chi connectivity index (χ1v) is 4.70. The van der Waals surface area contributed by atoms with Crippen LogP contribution in [-0.2, 0) is 9.47 Å². The number of hydrogen-bond donors (Lipinski definition) is 3. The second-order valence-corrected chi connectivity index (χ2v) is 4.05. The van der Waals surface area contributed by atoms with Crippen LogP contribution in [-0.4, -0.2) is 52.1 Å². The van der Waals surface area contributed by atoms with Crippen molar-refractivity contribution in [3.8, 4) is 0 Å². The molecule has 0 spiro atoms. The molecule has 1 rings (SSSR count). The molecule has 5 nitrogen and oxygen atoms in total. The summed E-state index contributed by atoms with van der Waals surface area (Å²) in [5.74, 6) is -0.825. The molecule has 0 saturated carbocycles. The van der Waals surface area contributed by atoms with E-state index >= 15 is 0 Å². The maximum atomic E-state index is 9.59. The van der Waals surface area contributed by atoms with Gasteiger partial charge >= 0.3 is 0 Å². The molecule has 84 valence electrons. The molecule has 1 heterocycles. The molecular formula is C9H18O5. The van der Waals surface area contributed by atoms with Crippen LogP contribution in [0.15, 0.2) is 0 Å². The predicted molar refractivity (Wildman–Crippen MR) is 48.6 cm³/mol. The first-order chi connectivity index (χ1) is 6.37. The quantitative estimate of drug-likeness (QED) is 0.565. The summed E-state index contributed by atoms with van der Waals surface area (Å²) >= 11 is 0. The van der Waals surface area contributed by atoms with E-state index in [0.717, 1.165) is 0 Å². The van der Waals surface area contributed by atoms with Gasteiger partial charge in [-0.05, 0) is 20.8 Å². The Labute approximate surface area is 83.3 Å². The van der Waals surface area contributed by atoms with Gasteiger partial charge in [-0.2, -0.15) is 0 Å². The second kappa shape index (κ2) is 4.12. The van der Waals surface area contributed by atoms with Crippen molar-refractivity contribution in [3.05, 3.63) is 0 Å². The second-order valence-electron chi connectivity index (χ2n) is 4.05. The first kappa shape index (κ1) is 11.9. The van der Waals surface area contributed by atoms with Gasteiger partial charge in [0, 0.05) is 0 Å². The Morgan fingerprint density at radius 2 is 1.86 bits per heavy atom. The molecule has 0 aromatic rings. The van der Waals surface area contributed by atoms with E-state index in [1.807, 2.05) is 0 Å². The van der Waals surface area contributed by atoms with Gasteiger partial charge in [-0.3, -0.25) is 0 Å². The summed E-state index contributed by atoms with van der Waals surface area (Å²) in [4.78, 5) is 0. The fourth-order valence-corrected chi connectivity index (χ4v) is 1.57. The van der Waals surface area contributed by atoms with Gasteiger partial charge in [0.15, 0.2) is 5.79 Å². The summed E-state index contributed by atoms with van der Waals surface area (Å²) < 4.78 is 10.7. The Morgan fingerprint density at radius 1 is 1.29 bits per heavy atom. The van der Waals surface area contributed by atoms with Gasteiger partial charge in [0.1, 0.15) is 18.3 Å². The molecular weight excluding hydrogens is 188 g/mol. The first-order valence-electron chi connectivity index (χ1n) is 4.70. The largest absolute Gasteiger partial charge is 0.394 e. The van der Waals surface area contributed by atoms with Crippen molar-refractivity contribution in [2.24, 2.45) is 0 Å². The van der Waals surface area contributed by atoms with E-state index in [0.29, 0.717) is 0 Å². The number of aliphatic hydroxyl groups excluding tert-OH is 3. The van der Waals surface area contributed by atoms with E-state index in [-0.39, 0.29) is 6.61 Å². The molecule has 0 unspecified atom stereocenters. The standard InChI is InChI=1S/C9H18O5/c1-5(11)7(12)8-6(4-10)13-9(2,3)14-8/h5-8,10-12H,4H2,1-3H3/t5-,6-,7-,8-/m0/s1. The van der Waals surface area contributed by atoms with Crippen molar-refractivity contribution in [2.45, 2.75) is 51.0 Å². The molecule has 1 saturated heterocycles. The fraction of sp³-hybridized carbons (Fsp3) is 1.00. The van der Waals surface area contributed by atoms with E-state index in [1.54, 1.807) is 13.8 Å². The molecule has 0 radical (unpaired) electrons. The zero-order valence-electron chi connectivity index (χ0n) is 8.67. The average molecular weight is 206 g/mol. The maximum Gasteiger partial charge on any atom is 0.164 e. The molecule has 1 fully saturated rings. The Kier molecular flexibility index (Phi) is 3.49. The third kappa shape index (κ3) is 2.43. The minimum atomic E-state index is -1.05. The Balaban J connectivity index is 2.68. The lowest BCUT2D eigenvalue weighted by Crippen LogP contribution is -2.43. The lowest BCUT2D eigenvalue weighted by Gasteiger charge is -2.23. The van der Waals surface area contributed by atoms with Crippen LogP contribution in [0, 0.1) is 0 Å². The van der Waals surface area contributed by atoms with Crippen LogP contribution in [0.4, 0.5) is 0 Å². The van der Waals surface area contributed by atoms with Crippen molar-refractivity contribution in [3.63, 3.8) is 0 Å². The highest BCUT2D eigenvalue weighted by molar-refractivity contribution is 4.88. The van der Waals surface area contributed by atoms with Gasteiger partial charge in [-0.15, -0.1) is 0 Å². The molecule has 0 bridgehead atoms. The van der Waals surface area contributed by atoms with Crippen LogP contribution in [0.25, 0.3) is 0 Å². The topological polar surface area (TPSA) is 79.2 Å². The van der Waals surface area contributed by atoms with Gasteiger partial charge in [-0.25, -0.2) is 0 Å². The summed E-state index contributed by atoms with van der Waals surface area (Å²) in [5.41, 5.74) is 0. The highest BCUT2D eigenvalue weighted by atomic mass is 16.8. The van der Waals surface area contributed by atoms with Crippen molar-refractivity contribution in [2.75, 3.05) is 6.61 Å². The Hall–Kier alpha value is -0.200. The third-order valence-corrected chi connectivity index (χ3v) is 2.23. The van der Waals surface area contributed by atoms with Crippen LogP contribution >= 0.6 is 0 Å². The SMILES string of the molecule is C[C@H](O)[C@H](O)[C@H]1OC(C)(C)O[C@H]1CO. The summed E-state index contributed by atoms with van der Waals surface area (Å²) in [6.45, 7) is 4.63. The lowest BCUT2D eigenvalue weighted by molar-refractivity contribution is -0.162. The van der Waals surface area contributed by atoms with Crippen molar-refractivity contribution in [1.29, 1.82) is 0 Å². The predicted octanol–water partition coefficient (Wildman–Crippen LogP) is -0.760. The zero-order valence-corrected chi connectivity index (χ0v) is 8.67. The zero-order chi connectivity index (χ0) is 10.9. The number of hydrogen-bond acceptors (Lipinski definition) is 5. The van der Waals surface area contributed by atoms with E-state index in [9.17, 15) is 10.2 Å². The maximum absolute atomic E-state index is 9.59. The molecule has 0 aliphatic carbocycles. The average Bonchev–Trinajstić information content (AvgIpc) is 2.39. The summed E-state index contributed by atoms with van der Waals surface area (Å²) in [6, 6.07) is 0. The number of ether oxygens (including phenoxy) is 2. The molecule has 0 aromatic carbocycles. The van der Waals surface area contributed by atoms with Gasteiger partial charge in [0.2, 0.25) is 0 Å². The summed E-state index contributed by atoms with van der Waals surface area (Å²) in [5, 5.41) is 27.8. The van der Waals surface area contributed by atoms with Crippen LogP contribution in [0.2, 0.25) is 0 Å². The van der Waals surface area contributed by atoms with E-state index in [1.165, 1.54) is 6.92 Å². The van der Waals surface area contributed by atoms with E-state index in [4.69, 9.17) is 14.6 Å². The molecule has 14 heavy (non-hydrogen) atoms. The van der Waals surface area contributed by atoms with Crippen molar-refractivity contribution >= 4 is 0 Å². The van der Waals surface area contributed by atoms with Crippen LogP contribution in [0.5, 0.6) is 0 Å². The van der Waals surface area contributed by atoms with Crippen LogP contribution in [0.3, 0.4) is 0 Å². The molecule has 1 aliphatic rings. The molecule has 5 heteroatoms. The fourth-order valence-electron chi connectivity index (χ4n) is 1.57. The lowest BCUT2D eigenvalue weighted by atomic mass is 10.0. The normalized spacial score (nSPS) is 35.6. The monoisotopic (exact) mass is 206 g/mol. The third-order valence-electron chi connectivity index (χ3n) is 2.23. The highest BCUT2D eigenvalue weighted by Gasteiger charge is 2.45. The van der Waals surface area contributed by atoms with Crippen LogP contribution < -0.4 is 0 Å². The highest BCUT2D eigenvalue weighted by Crippen LogP contribution is 2.30.